The Morgan fingerprint density at radius 2 is 2.00 bits per heavy atom. The lowest BCUT2D eigenvalue weighted by Gasteiger charge is -2.22. The van der Waals surface area contributed by atoms with Gasteiger partial charge in [-0.15, -0.1) is 0 Å². The van der Waals surface area contributed by atoms with Gasteiger partial charge in [0, 0.05) is 19.5 Å². The normalized spacial score (nSPS) is 17.9. The molecule has 0 spiro atoms. The molecule has 0 bridgehead atoms. The fraction of sp³-hybridized carbons (Fsp3) is 0.600. The number of nitrogens with zero attached hydrogens (tertiary/aromatic N) is 1. The van der Waals surface area contributed by atoms with Gasteiger partial charge in [-0.1, -0.05) is 19.9 Å². The number of rotatable bonds is 9. The first-order valence-corrected chi connectivity index (χ1v) is 9.29. The summed E-state index contributed by atoms with van der Waals surface area (Å²) in [6, 6.07) is 5.41. The molecule has 0 aliphatic carbocycles. The summed E-state index contributed by atoms with van der Waals surface area (Å²) in [6.07, 6.45) is 0.889. The zero-order valence-electron chi connectivity index (χ0n) is 16.5. The predicted molar refractivity (Wildman–Crippen MR) is 102 cm³/mol. The summed E-state index contributed by atoms with van der Waals surface area (Å²) in [5, 5.41) is 12.2. The number of hydrogen-bond donors (Lipinski definition) is 2. The molecule has 1 heterocycles. The summed E-state index contributed by atoms with van der Waals surface area (Å²) in [7, 11) is 3.18. The molecule has 1 fully saturated rings. The minimum Gasteiger partial charge on any atom is -0.493 e. The first-order valence-electron chi connectivity index (χ1n) is 9.29. The van der Waals surface area contributed by atoms with Gasteiger partial charge in [-0.05, 0) is 30.0 Å². The maximum absolute atomic E-state index is 12.4. The van der Waals surface area contributed by atoms with Crippen molar-refractivity contribution in [2.45, 2.75) is 32.7 Å². The van der Waals surface area contributed by atoms with E-state index in [4.69, 9.17) is 9.47 Å². The van der Waals surface area contributed by atoms with Crippen molar-refractivity contribution >= 4 is 11.8 Å². The van der Waals surface area contributed by atoms with Crippen LogP contribution in [0.4, 0.5) is 0 Å². The number of carbonyl (C=O) groups excluding carboxylic acids is 2. The van der Waals surface area contributed by atoms with Crippen LogP contribution in [0.5, 0.6) is 11.5 Å². The molecule has 2 rings (SSSR count). The highest BCUT2D eigenvalue weighted by molar-refractivity contribution is 5.89. The average Bonchev–Trinajstić information content (AvgIpc) is 3.04. The van der Waals surface area contributed by atoms with Crippen LogP contribution in [0.15, 0.2) is 18.2 Å². The number of aliphatic hydroxyl groups excluding tert-OH is 1. The van der Waals surface area contributed by atoms with Gasteiger partial charge < -0.3 is 24.8 Å². The molecule has 1 aliphatic heterocycles. The molecule has 1 aromatic rings. The molecule has 0 aromatic heterocycles. The van der Waals surface area contributed by atoms with Crippen molar-refractivity contribution in [3.8, 4) is 11.5 Å². The fourth-order valence-corrected chi connectivity index (χ4v) is 3.19. The molecule has 2 N–H and O–H groups in total. The van der Waals surface area contributed by atoms with E-state index in [1.165, 1.54) is 0 Å². The third-order valence-electron chi connectivity index (χ3n) is 5.03. The van der Waals surface area contributed by atoms with Crippen LogP contribution in [0.3, 0.4) is 0 Å². The topological polar surface area (TPSA) is 88.1 Å². The van der Waals surface area contributed by atoms with Crippen molar-refractivity contribution in [1.82, 2.24) is 10.2 Å². The molecule has 0 unspecified atom stereocenters. The smallest absolute Gasteiger partial charge is 0.225 e. The van der Waals surface area contributed by atoms with E-state index in [0.717, 1.165) is 5.56 Å². The monoisotopic (exact) mass is 378 g/mol. The highest BCUT2D eigenvalue weighted by atomic mass is 16.5. The van der Waals surface area contributed by atoms with Crippen LogP contribution < -0.4 is 14.8 Å². The van der Waals surface area contributed by atoms with E-state index < -0.39 is 0 Å². The molecule has 1 aliphatic rings. The molecule has 1 saturated heterocycles. The van der Waals surface area contributed by atoms with Crippen molar-refractivity contribution in [3.05, 3.63) is 23.8 Å². The van der Waals surface area contributed by atoms with Gasteiger partial charge >= 0.3 is 0 Å². The van der Waals surface area contributed by atoms with Gasteiger partial charge in [-0.3, -0.25) is 9.59 Å². The Kier molecular flexibility index (Phi) is 7.47. The standard InChI is InChI=1S/C20H30N2O5/c1-13(2)16(12-23)21-20(25)15-10-19(24)22(11-15)8-7-14-5-6-17(26-3)18(9-14)27-4/h5-6,9,13,15-16,23H,7-8,10-12H2,1-4H3,(H,21,25)/t15-,16-/m0/s1. The molecular weight excluding hydrogens is 348 g/mol. The number of nitrogens with one attached hydrogen (secondary N) is 1. The van der Waals surface area contributed by atoms with E-state index in [2.05, 4.69) is 5.32 Å². The molecule has 7 nitrogen and oxygen atoms in total. The van der Waals surface area contributed by atoms with E-state index in [1.807, 2.05) is 32.0 Å². The van der Waals surface area contributed by atoms with Gasteiger partial charge in [0.15, 0.2) is 11.5 Å². The van der Waals surface area contributed by atoms with Crippen LogP contribution in [0.2, 0.25) is 0 Å². The van der Waals surface area contributed by atoms with Crippen LogP contribution >= 0.6 is 0 Å². The summed E-state index contributed by atoms with van der Waals surface area (Å²) in [6.45, 7) is 4.74. The number of aliphatic hydroxyl groups is 1. The van der Waals surface area contributed by atoms with Crippen LogP contribution in [0.1, 0.15) is 25.8 Å². The molecule has 7 heteroatoms. The molecule has 2 atom stereocenters. The van der Waals surface area contributed by atoms with Gasteiger partial charge in [0.25, 0.3) is 0 Å². The van der Waals surface area contributed by atoms with E-state index in [-0.39, 0.29) is 42.7 Å². The number of benzene rings is 1. The maximum atomic E-state index is 12.4. The number of amides is 2. The quantitative estimate of drug-likeness (QED) is 0.675. The van der Waals surface area contributed by atoms with Crippen molar-refractivity contribution in [2.75, 3.05) is 33.9 Å². The summed E-state index contributed by atoms with van der Waals surface area (Å²) in [4.78, 5) is 26.4. The van der Waals surface area contributed by atoms with Crippen LogP contribution in [-0.4, -0.2) is 61.8 Å². The number of carbonyl (C=O) groups is 2. The van der Waals surface area contributed by atoms with E-state index in [0.29, 0.717) is 31.0 Å². The largest absolute Gasteiger partial charge is 0.493 e. The first kappa shape index (κ1) is 21.0. The third-order valence-corrected chi connectivity index (χ3v) is 5.03. The zero-order valence-corrected chi connectivity index (χ0v) is 16.5. The average molecular weight is 378 g/mol. The van der Waals surface area contributed by atoms with Crippen LogP contribution in [0.25, 0.3) is 0 Å². The van der Waals surface area contributed by atoms with Crippen molar-refractivity contribution in [3.63, 3.8) is 0 Å². The maximum Gasteiger partial charge on any atom is 0.225 e. The number of hydrogen-bond acceptors (Lipinski definition) is 5. The minimum absolute atomic E-state index is 0.0132. The van der Waals surface area contributed by atoms with Gasteiger partial charge in [-0.25, -0.2) is 0 Å². The van der Waals surface area contributed by atoms with Gasteiger partial charge in [0.2, 0.25) is 11.8 Å². The lowest BCUT2D eigenvalue weighted by Crippen LogP contribution is -2.44. The summed E-state index contributed by atoms with van der Waals surface area (Å²) in [5.74, 6) is 0.918. The highest BCUT2D eigenvalue weighted by Gasteiger charge is 2.35. The molecule has 0 saturated carbocycles. The Morgan fingerprint density at radius 1 is 1.30 bits per heavy atom. The molecule has 1 aromatic carbocycles. The lowest BCUT2D eigenvalue weighted by atomic mass is 10.0. The Morgan fingerprint density at radius 3 is 2.59 bits per heavy atom. The van der Waals surface area contributed by atoms with E-state index >= 15 is 0 Å². The highest BCUT2D eigenvalue weighted by Crippen LogP contribution is 2.28. The zero-order chi connectivity index (χ0) is 20.0. The van der Waals surface area contributed by atoms with Crippen molar-refractivity contribution < 1.29 is 24.2 Å². The Labute approximate surface area is 160 Å². The number of likely N-dealkylation sites (tertiary alicyclic amines) is 1. The molecular formula is C20H30N2O5. The summed E-state index contributed by atoms with van der Waals surface area (Å²) < 4.78 is 10.5. The molecule has 27 heavy (non-hydrogen) atoms. The van der Waals surface area contributed by atoms with Crippen LogP contribution in [0, 0.1) is 11.8 Å². The molecule has 0 radical (unpaired) electrons. The van der Waals surface area contributed by atoms with Crippen molar-refractivity contribution in [1.29, 1.82) is 0 Å². The lowest BCUT2D eigenvalue weighted by molar-refractivity contribution is -0.129. The Hall–Kier alpha value is -2.28. The second-order valence-electron chi connectivity index (χ2n) is 7.22. The van der Waals surface area contributed by atoms with E-state index in [9.17, 15) is 14.7 Å². The Bertz CT molecular complexity index is 662. The number of methoxy groups -OCH3 is 2. The fourth-order valence-electron chi connectivity index (χ4n) is 3.19. The Balaban J connectivity index is 1.91. The van der Waals surface area contributed by atoms with Crippen LogP contribution in [-0.2, 0) is 16.0 Å². The first-order chi connectivity index (χ1) is 12.9. The SMILES string of the molecule is COc1ccc(CCN2C[C@@H](C(=O)N[C@@H](CO)C(C)C)CC2=O)cc1OC. The summed E-state index contributed by atoms with van der Waals surface area (Å²) >= 11 is 0. The second kappa shape index (κ2) is 9.60. The van der Waals surface area contributed by atoms with Gasteiger partial charge in [-0.2, -0.15) is 0 Å². The van der Waals surface area contributed by atoms with E-state index in [1.54, 1.807) is 19.1 Å². The van der Waals surface area contributed by atoms with Gasteiger partial charge in [0.1, 0.15) is 0 Å². The van der Waals surface area contributed by atoms with Gasteiger partial charge in [0.05, 0.1) is 32.8 Å². The molecule has 2 amide bonds. The third kappa shape index (κ3) is 5.35. The number of ether oxygens (including phenoxy) is 2. The van der Waals surface area contributed by atoms with Crippen molar-refractivity contribution in [2.24, 2.45) is 11.8 Å². The second-order valence-corrected chi connectivity index (χ2v) is 7.22. The summed E-state index contributed by atoms with van der Waals surface area (Å²) in [5.41, 5.74) is 1.04. The molecule has 150 valence electrons. The predicted octanol–water partition coefficient (Wildman–Crippen LogP) is 1.23. The minimum atomic E-state index is -0.365.